The van der Waals surface area contributed by atoms with Crippen LogP contribution in [0.4, 0.5) is 5.69 Å². The highest BCUT2D eigenvalue weighted by Crippen LogP contribution is 2.23. The van der Waals surface area contributed by atoms with E-state index in [1.807, 2.05) is 31.2 Å². The fourth-order valence-electron chi connectivity index (χ4n) is 1.73. The molecule has 5 heteroatoms. The van der Waals surface area contributed by atoms with Crippen molar-refractivity contribution in [1.82, 2.24) is 0 Å². The van der Waals surface area contributed by atoms with E-state index in [2.05, 4.69) is 10.1 Å². The van der Waals surface area contributed by atoms with Crippen molar-refractivity contribution in [3.63, 3.8) is 0 Å². The van der Waals surface area contributed by atoms with Gasteiger partial charge in [0.1, 0.15) is 11.5 Å². The minimum atomic E-state index is 0.345. The van der Waals surface area contributed by atoms with E-state index in [1.54, 1.807) is 24.3 Å². The van der Waals surface area contributed by atoms with Crippen LogP contribution in [-0.4, -0.2) is 23.7 Å². The van der Waals surface area contributed by atoms with Gasteiger partial charge in [-0.25, -0.2) is 0 Å². The molecule has 0 aromatic heterocycles. The predicted molar refractivity (Wildman–Crippen MR) is 85.5 cm³/mol. The van der Waals surface area contributed by atoms with Crippen molar-refractivity contribution in [3.8, 4) is 5.75 Å². The second-order valence-corrected chi connectivity index (χ2v) is 4.56. The molecule has 0 saturated heterocycles. The molecule has 2 rings (SSSR count). The van der Waals surface area contributed by atoms with Crippen molar-refractivity contribution in [1.29, 1.82) is 0 Å². The molecule has 2 aromatic rings. The van der Waals surface area contributed by atoms with Gasteiger partial charge < -0.3 is 9.94 Å². The Bertz CT molecular complexity index is 652. The van der Waals surface area contributed by atoms with E-state index in [4.69, 9.17) is 21.5 Å². The van der Waals surface area contributed by atoms with Gasteiger partial charge in [0.05, 0.1) is 23.5 Å². The van der Waals surface area contributed by atoms with E-state index < -0.39 is 0 Å². The number of ether oxygens (including phenoxy) is 1. The molecule has 0 aliphatic rings. The maximum Gasteiger partial charge on any atom is 0.128 e. The Morgan fingerprint density at radius 1 is 1.19 bits per heavy atom. The molecule has 0 amide bonds. The maximum absolute atomic E-state index is 9.13. The predicted octanol–water partition coefficient (Wildman–Crippen LogP) is 4.32. The number of hydrogen-bond donors (Lipinski definition) is 1. The second-order valence-electron chi connectivity index (χ2n) is 4.15. The molecule has 0 radical (unpaired) electrons. The largest absolute Gasteiger partial charge is 0.494 e. The number of nitrogens with zero attached hydrogens (tertiary/aromatic N) is 2. The van der Waals surface area contributed by atoms with Gasteiger partial charge in [-0.2, -0.15) is 0 Å². The smallest absolute Gasteiger partial charge is 0.128 e. The Labute approximate surface area is 128 Å². The van der Waals surface area contributed by atoms with Crippen LogP contribution in [0.25, 0.3) is 0 Å². The Morgan fingerprint density at radius 3 is 2.52 bits per heavy atom. The van der Waals surface area contributed by atoms with Crippen LogP contribution in [0.15, 0.2) is 58.7 Å². The van der Waals surface area contributed by atoms with Gasteiger partial charge in [-0.1, -0.05) is 28.9 Å². The van der Waals surface area contributed by atoms with Crippen LogP contribution in [0, 0.1) is 0 Å². The lowest BCUT2D eigenvalue weighted by molar-refractivity contribution is 0.320. The summed E-state index contributed by atoms with van der Waals surface area (Å²) in [5.41, 5.74) is 1.70. The van der Waals surface area contributed by atoms with Gasteiger partial charge in [-0.15, -0.1) is 0 Å². The molecule has 0 atom stereocenters. The third-order valence-electron chi connectivity index (χ3n) is 2.75. The zero-order chi connectivity index (χ0) is 15.1. The first kappa shape index (κ1) is 15.1. The quantitative estimate of drug-likeness (QED) is 0.508. The number of para-hydroxylation sites is 1. The lowest BCUT2D eigenvalue weighted by atomic mass is 10.1. The van der Waals surface area contributed by atoms with Crippen LogP contribution in [0.1, 0.15) is 12.5 Å². The monoisotopic (exact) mass is 302 g/mol. The topological polar surface area (TPSA) is 54.2 Å². The summed E-state index contributed by atoms with van der Waals surface area (Å²) in [6.07, 6.45) is 1.47. The third-order valence-corrected chi connectivity index (χ3v) is 3.07. The number of hydrogen-bond acceptors (Lipinski definition) is 4. The Balaban J connectivity index is 2.19. The van der Waals surface area contributed by atoms with Crippen LogP contribution < -0.4 is 4.74 Å². The summed E-state index contributed by atoms with van der Waals surface area (Å²) < 4.78 is 5.37. The van der Waals surface area contributed by atoms with Gasteiger partial charge in [0.2, 0.25) is 0 Å². The van der Waals surface area contributed by atoms with Crippen molar-refractivity contribution in [2.24, 2.45) is 10.1 Å². The van der Waals surface area contributed by atoms with E-state index in [0.29, 0.717) is 23.0 Å². The number of aliphatic imine (C=N–C) groups is 1. The maximum atomic E-state index is 9.13. The van der Waals surface area contributed by atoms with E-state index in [9.17, 15) is 0 Å². The number of halogens is 1. The summed E-state index contributed by atoms with van der Waals surface area (Å²) in [6, 6.07) is 14.4. The molecule has 0 saturated carbocycles. The van der Waals surface area contributed by atoms with Gasteiger partial charge in [-0.3, -0.25) is 4.99 Å². The highest BCUT2D eigenvalue weighted by molar-refractivity contribution is 6.39. The Hall–Kier alpha value is -2.33. The molecule has 0 bridgehead atoms. The molecular weight excluding hydrogens is 288 g/mol. The van der Waals surface area contributed by atoms with Crippen molar-refractivity contribution >= 4 is 29.2 Å². The summed E-state index contributed by atoms with van der Waals surface area (Å²) in [5.74, 6) is 0.765. The van der Waals surface area contributed by atoms with Gasteiger partial charge in [0.25, 0.3) is 0 Å². The Kier molecular flexibility index (Phi) is 5.35. The normalized spacial score (nSPS) is 11.8. The van der Waals surface area contributed by atoms with Crippen LogP contribution in [0.2, 0.25) is 5.02 Å². The standard InChI is InChI=1S/C16H15ClN2O2/c1-2-21-13-9-7-12(8-10-13)16(19-20)11-18-15-6-4-3-5-14(15)17/h3-11,20H,2H2,1H3. The van der Waals surface area contributed by atoms with E-state index in [0.717, 1.165) is 11.3 Å². The average Bonchev–Trinajstić information content (AvgIpc) is 2.51. The van der Waals surface area contributed by atoms with Crippen LogP contribution in [0.5, 0.6) is 5.75 Å². The molecule has 1 N–H and O–H groups in total. The lowest BCUT2D eigenvalue weighted by Gasteiger charge is -2.04. The van der Waals surface area contributed by atoms with Gasteiger partial charge in [0, 0.05) is 5.56 Å². The van der Waals surface area contributed by atoms with E-state index in [-0.39, 0.29) is 0 Å². The Morgan fingerprint density at radius 2 is 1.90 bits per heavy atom. The van der Waals surface area contributed by atoms with Gasteiger partial charge in [0.15, 0.2) is 0 Å². The molecule has 2 aromatic carbocycles. The minimum Gasteiger partial charge on any atom is -0.494 e. The first-order chi connectivity index (χ1) is 10.2. The average molecular weight is 303 g/mol. The van der Waals surface area contributed by atoms with Gasteiger partial charge >= 0.3 is 0 Å². The summed E-state index contributed by atoms with van der Waals surface area (Å²) in [7, 11) is 0. The number of rotatable bonds is 5. The van der Waals surface area contributed by atoms with Crippen molar-refractivity contribution in [2.75, 3.05) is 6.61 Å². The zero-order valence-electron chi connectivity index (χ0n) is 11.5. The lowest BCUT2D eigenvalue weighted by Crippen LogP contribution is -2.02. The number of benzene rings is 2. The van der Waals surface area contributed by atoms with Crippen molar-refractivity contribution < 1.29 is 9.94 Å². The fourth-order valence-corrected chi connectivity index (χ4v) is 1.92. The highest BCUT2D eigenvalue weighted by atomic mass is 35.5. The fraction of sp³-hybridized carbons (Fsp3) is 0.125. The highest BCUT2D eigenvalue weighted by Gasteiger charge is 2.03. The van der Waals surface area contributed by atoms with Crippen LogP contribution in [-0.2, 0) is 0 Å². The summed E-state index contributed by atoms with van der Waals surface area (Å²) in [4.78, 5) is 4.23. The second kappa shape index (κ2) is 7.45. The molecule has 108 valence electrons. The molecule has 0 aliphatic carbocycles. The molecule has 0 aliphatic heterocycles. The minimum absolute atomic E-state index is 0.345. The first-order valence-electron chi connectivity index (χ1n) is 6.48. The van der Waals surface area contributed by atoms with Crippen molar-refractivity contribution in [3.05, 3.63) is 59.1 Å². The molecule has 0 heterocycles. The number of oxime groups is 1. The molecule has 0 unspecified atom stereocenters. The molecular formula is C16H15ClN2O2. The third kappa shape index (κ3) is 4.07. The van der Waals surface area contributed by atoms with E-state index >= 15 is 0 Å². The first-order valence-corrected chi connectivity index (χ1v) is 6.86. The molecule has 21 heavy (non-hydrogen) atoms. The molecule has 4 nitrogen and oxygen atoms in total. The molecule has 0 fully saturated rings. The SMILES string of the molecule is CCOc1ccc(C(C=Nc2ccccc2Cl)=NO)cc1. The van der Waals surface area contributed by atoms with Crippen LogP contribution >= 0.6 is 11.6 Å². The summed E-state index contributed by atoms with van der Waals surface area (Å²) in [5, 5.41) is 12.9. The van der Waals surface area contributed by atoms with E-state index in [1.165, 1.54) is 6.21 Å². The van der Waals surface area contributed by atoms with Gasteiger partial charge in [-0.05, 0) is 43.3 Å². The van der Waals surface area contributed by atoms with Crippen LogP contribution in [0.3, 0.4) is 0 Å². The van der Waals surface area contributed by atoms with Crippen molar-refractivity contribution in [2.45, 2.75) is 6.92 Å². The summed E-state index contributed by atoms with van der Waals surface area (Å²) in [6.45, 7) is 2.53. The molecule has 0 spiro atoms. The zero-order valence-corrected chi connectivity index (χ0v) is 12.3. The summed E-state index contributed by atoms with van der Waals surface area (Å²) >= 11 is 6.02.